The van der Waals surface area contributed by atoms with Crippen molar-refractivity contribution in [3.8, 4) is 0 Å². The van der Waals surface area contributed by atoms with E-state index in [1.807, 2.05) is 9.80 Å². The van der Waals surface area contributed by atoms with Crippen molar-refractivity contribution in [3.05, 3.63) is 0 Å². The number of amides is 2. The molecule has 1 rings (SSSR count). The Labute approximate surface area is 115 Å². The number of ether oxygens (including phenoxy) is 1. The van der Waals surface area contributed by atoms with Crippen LogP contribution in [0.3, 0.4) is 0 Å². The van der Waals surface area contributed by atoms with Gasteiger partial charge < -0.3 is 14.5 Å². The van der Waals surface area contributed by atoms with Crippen molar-refractivity contribution >= 4 is 11.8 Å². The summed E-state index contributed by atoms with van der Waals surface area (Å²) in [6.45, 7) is 7.18. The Hall–Kier alpha value is -1.10. The van der Waals surface area contributed by atoms with Gasteiger partial charge in [0.2, 0.25) is 11.8 Å². The minimum atomic E-state index is 0.122. The lowest BCUT2D eigenvalue weighted by molar-refractivity contribution is -0.142. The lowest BCUT2D eigenvalue weighted by Crippen LogP contribution is -2.52. The first-order chi connectivity index (χ1) is 9.13. The van der Waals surface area contributed by atoms with E-state index in [1.165, 1.54) is 0 Å². The topological polar surface area (TPSA) is 49.9 Å². The number of rotatable bonds is 6. The SMILES string of the molecule is CCC(CC)C(=O)N1CCN(C(=O)CCOC)CC1. The molecule has 0 bridgehead atoms. The number of hydrogen-bond acceptors (Lipinski definition) is 3. The van der Waals surface area contributed by atoms with Crippen molar-refractivity contribution < 1.29 is 14.3 Å². The third-order valence-electron chi connectivity index (χ3n) is 3.80. The summed E-state index contributed by atoms with van der Waals surface area (Å²) in [6, 6.07) is 0. The molecule has 1 heterocycles. The molecule has 0 aromatic rings. The van der Waals surface area contributed by atoms with Crippen molar-refractivity contribution in [1.82, 2.24) is 9.80 Å². The van der Waals surface area contributed by atoms with Crippen LogP contribution in [0.5, 0.6) is 0 Å². The zero-order valence-corrected chi connectivity index (χ0v) is 12.4. The molecule has 0 radical (unpaired) electrons. The Balaban J connectivity index is 2.40. The molecule has 0 N–H and O–H groups in total. The molecular weight excluding hydrogens is 244 g/mol. The Morgan fingerprint density at radius 2 is 1.58 bits per heavy atom. The lowest BCUT2D eigenvalue weighted by Gasteiger charge is -2.36. The van der Waals surface area contributed by atoms with Gasteiger partial charge in [0, 0.05) is 39.2 Å². The average molecular weight is 270 g/mol. The lowest BCUT2D eigenvalue weighted by atomic mass is 10.0. The summed E-state index contributed by atoms with van der Waals surface area (Å²) in [7, 11) is 1.60. The van der Waals surface area contributed by atoms with Gasteiger partial charge >= 0.3 is 0 Å². The molecule has 0 spiro atoms. The first-order valence-electron chi connectivity index (χ1n) is 7.19. The van der Waals surface area contributed by atoms with E-state index in [9.17, 15) is 9.59 Å². The van der Waals surface area contributed by atoms with Gasteiger partial charge in [0.15, 0.2) is 0 Å². The van der Waals surface area contributed by atoms with Crippen molar-refractivity contribution in [2.24, 2.45) is 5.92 Å². The first kappa shape index (κ1) is 16.0. The summed E-state index contributed by atoms with van der Waals surface area (Å²) in [5, 5.41) is 0. The Bertz CT molecular complexity index is 295. The highest BCUT2D eigenvalue weighted by Crippen LogP contribution is 2.14. The molecule has 2 amide bonds. The summed E-state index contributed by atoms with van der Waals surface area (Å²) < 4.78 is 4.91. The Morgan fingerprint density at radius 3 is 2.05 bits per heavy atom. The van der Waals surface area contributed by atoms with Crippen LogP contribution in [0.25, 0.3) is 0 Å². The smallest absolute Gasteiger partial charge is 0.225 e. The zero-order valence-electron chi connectivity index (χ0n) is 12.4. The molecule has 1 saturated heterocycles. The third kappa shape index (κ3) is 4.49. The molecule has 110 valence electrons. The average Bonchev–Trinajstić information content (AvgIpc) is 2.46. The number of carbonyl (C=O) groups excluding carboxylic acids is 2. The van der Waals surface area contributed by atoms with Crippen molar-refractivity contribution in [2.45, 2.75) is 33.1 Å². The van der Waals surface area contributed by atoms with E-state index in [1.54, 1.807) is 7.11 Å². The van der Waals surface area contributed by atoms with Crippen LogP contribution in [-0.4, -0.2) is 61.5 Å². The monoisotopic (exact) mass is 270 g/mol. The molecule has 5 heteroatoms. The van der Waals surface area contributed by atoms with Crippen molar-refractivity contribution in [3.63, 3.8) is 0 Å². The summed E-state index contributed by atoms with van der Waals surface area (Å²) >= 11 is 0. The van der Waals surface area contributed by atoms with Crippen LogP contribution in [0.4, 0.5) is 0 Å². The van der Waals surface area contributed by atoms with Gasteiger partial charge in [-0.3, -0.25) is 9.59 Å². The molecule has 0 unspecified atom stereocenters. The fourth-order valence-electron chi connectivity index (χ4n) is 2.42. The maximum Gasteiger partial charge on any atom is 0.225 e. The van der Waals surface area contributed by atoms with E-state index < -0.39 is 0 Å². The molecule has 0 atom stereocenters. The molecule has 0 aromatic carbocycles. The molecule has 5 nitrogen and oxygen atoms in total. The fraction of sp³-hybridized carbons (Fsp3) is 0.857. The van der Waals surface area contributed by atoms with Crippen LogP contribution in [0.2, 0.25) is 0 Å². The van der Waals surface area contributed by atoms with Crippen molar-refractivity contribution in [1.29, 1.82) is 0 Å². The van der Waals surface area contributed by atoms with Gasteiger partial charge in [-0.05, 0) is 12.8 Å². The van der Waals surface area contributed by atoms with Gasteiger partial charge in [-0.2, -0.15) is 0 Å². The summed E-state index contributed by atoms with van der Waals surface area (Å²) in [5.74, 6) is 0.501. The predicted molar refractivity (Wildman–Crippen MR) is 73.7 cm³/mol. The van der Waals surface area contributed by atoms with Gasteiger partial charge in [-0.25, -0.2) is 0 Å². The van der Waals surface area contributed by atoms with E-state index >= 15 is 0 Å². The number of nitrogens with zero attached hydrogens (tertiary/aromatic N) is 2. The van der Waals surface area contributed by atoms with E-state index in [2.05, 4.69) is 13.8 Å². The number of piperazine rings is 1. The highest BCUT2D eigenvalue weighted by molar-refractivity contribution is 5.80. The van der Waals surface area contributed by atoms with E-state index in [0.29, 0.717) is 39.2 Å². The molecule has 19 heavy (non-hydrogen) atoms. The zero-order chi connectivity index (χ0) is 14.3. The second kappa shape index (κ2) is 8.15. The van der Waals surface area contributed by atoms with Crippen LogP contribution in [0.15, 0.2) is 0 Å². The first-order valence-corrected chi connectivity index (χ1v) is 7.19. The van der Waals surface area contributed by atoms with Gasteiger partial charge in [-0.15, -0.1) is 0 Å². The second-order valence-corrected chi connectivity index (χ2v) is 4.96. The van der Waals surface area contributed by atoms with Crippen LogP contribution < -0.4 is 0 Å². The third-order valence-corrected chi connectivity index (χ3v) is 3.80. The minimum absolute atomic E-state index is 0.122. The van der Waals surface area contributed by atoms with E-state index in [-0.39, 0.29) is 17.7 Å². The number of carbonyl (C=O) groups is 2. The van der Waals surface area contributed by atoms with Crippen molar-refractivity contribution in [2.75, 3.05) is 39.9 Å². The number of hydrogen-bond donors (Lipinski definition) is 0. The highest BCUT2D eigenvalue weighted by atomic mass is 16.5. The second-order valence-electron chi connectivity index (χ2n) is 4.96. The van der Waals surface area contributed by atoms with Gasteiger partial charge in [0.1, 0.15) is 0 Å². The molecule has 0 saturated carbocycles. The fourth-order valence-corrected chi connectivity index (χ4v) is 2.42. The van der Waals surface area contributed by atoms with Gasteiger partial charge in [0.25, 0.3) is 0 Å². The molecule has 1 aliphatic heterocycles. The van der Waals surface area contributed by atoms with Crippen LogP contribution in [0, 0.1) is 5.92 Å². The maximum atomic E-state index is 12.2. The van der Waals surface area contributed by atoms with Crippen LogP contribution in [0.1, 0.15) is 33.1 Å². The van der Waals surface area contributed by atoms with E-state index in [4.69, 9.17) is 4.74 Å². The summed E-state index contributed by atoms with van der Waals surface area (Å²) in [6.07, 6.45) is 2.21. The predicted octanol–water partition coefficient (Wildman–Crippen LogP) is 1.13. The molecular formula is C14H26N2O3. The number of methoxy groups -OCH3 is 1. The molecule has 1 fully saturated rings. The molecule has 1 aliphatic rings. The normalized spacial score (nSPS) is 16.0. The summed E-state index contributed by atoms with van der Waals surface area (Å²) in [4.78, 5) is 27.8. The largest absolute Gasteiger partial charge is 0.384 e. The summed E-state index contributed by atoms with van der Waals surface area (Å²) in [5.41, 5.74) is 0. The molecule has 0 aliphatic carbocycles. The highest BCUT2D eigenvalue weighted by Gasteiger charge is 2.26. The minimum Gasteiger partial charge on any atom is -0.384 e. The van der Waals surface area contributed by atoms with E-state index in [0.717, 1.165) is 12.8 Å². The van der Waals surface area contributed by atoms with Crippen LogP contribution >= 0.6 is 0 Å². The maximum absolute atomic E-state index is 12.2. The standard InChI is InChI=1S/C14H26N2O3/c1-4-12(5-2)14(18)16-9-7-15(8-10-16)13(17)6-11-19-3/h12H,4-11H2,1-3H3. The van der Waals surface area contributed by atoms with Crippen LogP contribution in [-0.2, 0) is 14.3 Å². The van der Waals surface area contributed by atoms with Gasteiger partial charge in [0.05, 0.1) is 13.0 Å². The Morgan fingerprint density at radius 1 is 1.05 bits per heavy atom. The van der Waals surface area contributed by atoms with Gasteiger partial charge in [-0.1, -0.05) is 13.8 Å². The Kier molecular flexibility index (Phi) is 6.84. The molecule has 0 aromatic heterocycles. The quantitative estimate of drug-likeness (QED) is 0.727.